The van der Waals surface area contributed by atoms with E-state index < -0.39 is 4.92 Å². The number of nitro benzene ring substituents is 1. The lowest BCUT2D eigenvalue weighted by molar-refractivity contribution is -0.384. The highest BCUT2D eigenvalue weighted by Gasteiger charge is 2.08. The molecule has 0 aliphatic rings. The zero-order valence-corrected chi connectivity index (χ0v) is 14.0. The highest BCUT2D eigenvalue weighted by Crippen LogP contribution is 2.24. The lowest BCUT2D eigenvalue weighted by Gasteiger charge is -2.01. The second-order valence-corrected chi connectivity index (χ2v) is 5.70. The molecule has 0 saturated heterocycles. The number of benzene rings is 1. The van der Waals surface area contributed by atoms with Gasteiger partial charge in [-0.1, -0.05) is 23.2 Å². The Kier molecular flexibility index (Phi) is 4.97. The Labute approximate surface area is 152 Å². The molecule has 0 unspecified atom stereocenters. The predicted molar refractivity (Wildman–Crippen MR) is 96.3 cm³/mol. The molecule has 0 radical (unpaired) electrons. The number of hydrogen-bond acceptors (Lipinski definition) is 6. The maximum absolute atomic E-state index is 10.7. The van der Waals surface area contributed by atoms with Crippen LogP contribution in [0.5, 0.6) is 0 Å². The molecular weight excluding hydrogens is 367 g/mol. The number of pyridine rings is 1. The van der Waals surface area contributed by atoms with E-state index in [1.54, 1.807) is 30.3 Å². The van der Waals surface area contributed by atoms with Crippen LogP contribution in [0.3, 0.4) is 0 Å². The van der Waals surface area contributed by atoms with Gasteiger partial charge in [0, 0.05) is 23.9 Å². The molecule has 0 aliphatic heterocycles. The fraction of sp³-hybridized carbons (Fsp3) is 0. The number of nitro groups is 1. The Hall–Kier alpha value is -2.90. The number of hydrazone groups is 1. The summed E-state index contributed by atoms with van der Waals surface area (Å²) >= 11 is 11.7. The van der Waals surface area contributed by atoms with Gasteiger partial charge in [-0.2, -0.15) is 5.10 Å². The van der Waals surface area contributed by atoms with Crippen LogP contribution in [0.2, 0.25) is 10.0 Å². The molecule has 126 valence electrons. The van der Waals surface area contributed by atoms with Gasteiger partial charge in [0.1, 0.15) is 11.5 Å². The molecule has 3 aromatic rings. The Morgan fingerprint density at radius 1 is 1.20 bits per heavy atom. The standard InChI is InChI=1S/C16H10Cl2N4O3/c17-11-7-14(18)16(19-8-11)21-20-9-13-5-6-15(25-13)10-1-3-12(4-2-10)22(23)24/h1-9H,(H,19,21)/b20-9-. The average Bonchev–Trinajstić information content (AvgIpc) is 3.06. The van der Waals surface area contributed by atoms with Gasteiger partial charge < -0.3 is 4.42 Å². The number of hydrogen-bond donors (Lipinski definition) is 1. The van der Waals surface area contributed by atoms with E-state index in [4.69, 9.17) is 27.6 Å². The van der Waals surface area contributed by atoms with Gasteiger partial charge >= 0.3 is 0 Å². The summed E-state index contributed by atoms with van der Waals surface area (Å²) in [7, 11) is 0. The highest BCUT2D eigenvalue weighted by atomic mass is 35.5. The molecule has 7 nitrogen and oxygen atoms in total. The third kappa shape index (κ3) is 4.14. The Morgan fingerprint density at radius 2 is 1.96 bits per heavy atom. The number of nitrogens with one attached hydrogen (secondary N) is 1. The number of halogens is 2. The summed E-state index contributed by atoms with van der Waals surface area (Å²) in [5.74, 6) is 1.43. The zero-order valence-electron chi connectivity index (χ0n) is 12.5. The number of furan rings is 1. The fourth-order valence-corrected chi connectivity index (χ4v) is 2.40. The first-order chi connectivity index (χ1) is 12.0. The molecule has 2 heterocycles. The van der Waals surface area contributed by atoms with Gasteiger partial charge in [0.2, 0.25) is 0 Å². The van der Waals surface area contributed by atoms with Gasteiger partial charge in [-0.25, -0.2) is 4.98 Å². The van der Waals surface area contributed by atoms with E-state index in [2.05, 4.69) is 15.5 Å². The predicted octanol–water partition coefficient (Wildman–Crippen LogP) is 5.00. The minimum Gasteiger partial charge on any atom is -0.455 e. The summed E-state index contributed by atoms with van der Waals surface area (Å²) in [6, 6.07) is 11.1. The summed E-state index contributed by atoms with van der Waals surface area (Å²) in [5.41, 5.74) is 3.44. The second-order valence-electron chi connectivity index (χ2n) is 4.86. The van der Waals surface area contributed by atoms with E-state index in [0.717, 1.165) is 5.56 Å². The molecule has 25 heavy (non-hydrogen) atoms. The number of anilines is 1. The molecular formula is C16H10Cl2N4O3. The van der Waals surface area contributed by atoms with Crippen molar-refractivity contribution in [2.45, 2.75) is 0 Å². The Balaban J connectivity index is 1.69. The van der Waals surface area contributed by atoms with Crippen LogP contribution in [0, 0.1) is 10.1 Å². The van der Waals surface area contributed by atoms with Gasteiger partial charge in [-0.05, 0) is 30.3 Å². The minimum absolute atomic E-state index is 0.0219. The maximum atomic E-state index is 10.7. The Bertz CT molecular complexity index is 939. The molecule has 2 aromatic heterocycles. The van der Waals surface area contributed by atoms with E-state index in [-0.39, 0.29) is 5.69 Å². The van der Waals surface area contributed by atoms with Crippen molar-refractivity contribution in [1.82, 2.24) is 4.98 Å². The van der Waals surface area contributed by atoms with Crippen molar-refractivity contribution in [3.05, 3.63) is 74.6 Å². The summed E-state index contributed by atoms with van der Waals surface area (Å²) in [6.45, 7) is 0. The van der Waals surface area contributed by atoms with Crippen molar-refractivity contribution in [2.24, 2.45) is 5.10 Å². The first-order valence-corrected chi connectivity index (χ1v) is 7.73. The van der Waals surface area contributed by atoms with E-state index >= 15 is 0 Å². The average molecular weight is 377 g/mol. The molecule has 1 aromatic carbocycles. The minimum atomic E-state index is -0.453. The lowest BCUT2D eigenvalue weighted by Crippen LogP contribution is -1.93. The summed E-state index contributed by atoms with van der Waals surface area (Å²) in [6.07, 6.45) is 2.91. The number of aromatic nitrogens is 1. The van der Waals surface area contributed by atoms with Crippen LogP contribution in [0.4, 0.5) is 11.5 Å². The highest BCUT2D eigenvalue weighted by molar-refractivity contribution is 6.35. The molecule has 0 fully saturated rings. The van der Waals surface area contributed by atoms with E-state index in [1.165, 1.54) is 24.5 Å². The zero-order chi connectivity index (χ0) is 17.8. The quantitative estimate of drug-likeness (QED) is 0.384. The summed E-state index contributed by atoms with van der Waals surface area (Å²) in [4.78, 5) is 14.2. The van der Waals surface area contributed by atoms with Crippen LogP contribution in [0.1, 0.15) is 5.76 Å². The summed E-state index contributed by atoms with van der Waals surface area (Å²) < 4.78 is 5.62. The van der Waals surface area contributed by atoms with Crippen molar-refractivity contribution >= 4 is 40.9 Å². The van der Waals surface area contributed by atoms with Crippen molar-refractivity contribution in [1.29, 1.82) is 0 Å². The van der Waals surface area contributed by atoms with E-state index in [9.17, 15) is 10.1 Å². The molecule has 0 aliphatic carbocycles. The van der Waals surface area contributed by atoms with Crippen molar-refractivity contribution in [3.63, 3.8) is 0 Å². The fourth-order valence-electron chi connectivity index (χ4n) is 1.98. The molecule has 0 amide bonds. The number of non-ortho nitro benzene ring substituents is 1. The smallest absolute Gasteiger partial charge is 0.269 e. The first-order valence-electron chi connectivity index (χ1n) is 6.98. The molecule has 3 rings (SSSR count). The molecule has 0 spiro atoms. The Morgan fingerprint density at radius 3 is 2.64 bits per heavy atom. The SMILES string of the molecule is O=[N+]([O-])c1ccc(-c2ccc(/C=N\Nc3ncc(Cl)cc3Cl)o2)cc1. The van der Waals surface area contributed by atoms with Crippen molar-refractivity contribution < 1.29 is 9.34 Å². The van der Waals surface area contributed by atoms with Gasteiger partial charge in [0.15, 0.2) is 5.82 Å². The monoisotopic (exact) mass is 376 g/mol. The molecule has 9 heteroatoms. The van der Waals surface area contributed by atoms with Gasteiger partial charge in [0.25, 0.3) is 5.69 Å². The van der Waals surface area contributed by atoms with Crippen LogP contribution in [0.15, 0.2) is 58.2 Å². The first kappa shape index (κ1) is 16.9. The topological polar surface area (TPSA) is 93.6 Å². The van der Waals surface area contributed by atoms with Crippen LogP contribution >= 0.6 is 23.2 Å². The van der Waals surface area contributed by atoms with Gasteiger partial charge in [-0.3, -0.25) is 15.5 Å². The molecule has 0 bridgehead atoms. The normalized spacial score (nSPS) is 11.0. The van der Waals surface area contributed by atoms with E-state index in [1.807, 2.05) is 0 Å². The second kappa shape index (κ2) is 7.33. The number of nitrogens with zero attached hydrogens (tertiary/aromatic N) is 3. The van der Waals surface area contributed by atoms with Gasteiger partial charge in [-0.15, -0.1) is 0 Å². The number of rotatable bonds is 5. The van der Waals surface area contributed by atoms with Crippen molar-refractivity contribution in [3.8, 4) is 11.3 Å². The maximum Gasteiger partial charge on any atom is 0.269 e. The van der Waals surface area contributed by atoms with Crippen LogP contribution in [-0.2, 0) is 0 Å². The molecule has 0 atom stereocenters. The van der Waals surface area contributed by atoms with Crippen LogP contribution in [0.25, 0.3) is 11.3 Å². The third-order valence-corrected chi connectivity index (χ3v) is 3.65. The lowest BCUT2D eigenvalue weighted by atomic mass is 10.1. The largest absolute Gasteiger partial charge is 0.455 e. The summed E-state index contributed by atoms with van der Waals surface area (Å²) in [5, 5.41) is 15.4. The molecule has 0 saturated carbocycles. The van der Waals surface area contributed by atoms with Crippen LogP contribution in [-0.4, -0.2) is 16.1 Å². The molecule has 1 N–H and O–H groups in total. The van der Waals surface area contributed by atoms with E-state index in [0.29, 0.717) is 27.4 Å². The van der Waals surface area contributed by atoms with Gasteiger partial charge in [0.05, 0.1) is 21.2 Å². The van der Waals surface area contributed by atoms with Crippen molar-refractivity contribution in [2.75, 3.05) is 5.43 Å². The van der Waals surface area contributed by atoms with Crippen LogP contribution < -0.4 is 5.43 Å². The third-order valence-electron chi connectivity index (χ3n) is 3.16.